The Bertz CT molecular complexity index is 381. The molecule has 0 aliphatic carbocycles. The third kappa shape index (κ3) is 20.0. The number of ether oxygens (including phenoxy) is 3. The lowest BCUT2D eigenvalue weighted by Gasteiger charge is -2.17. The fraction of sp³-hybridized carbons (Fsp3) is 0.880. The molecule has 172 valence electrons. The van der Waals surface area contributed by atoms with E-state index in [1.165, 1.54) is 77.0 Å². The second-order valence-corrected chi connectivity index (χ2v) is 8.09. The van der Waals surface area contributed by atoms with E-state index >= 15 is 0 Å². The van der Waals surface area contributed by atoms with Crippen LogP contribution in [-0.2, 0) is 19.0 Å². The molecule has 0 aromatic rings. The summed E-state index contributed by atoms with van der Waals surface area (Å²) in [7, 11) is 1.60. The number of rotatable bonds is 22. The van der Waals surface area contributed by atoms with Gasteiger partial charge in [0.25, 0.3) is 0 Å². The first kappa shape index (κ1) is 28.0. The zero-order chi connectivity index (χ0) is 21.6. The van der Waals surface area contributed by atoms with Gasteiger partial charge in [0.2, 0.25) is 0 Å². The summed E-state index contributed by atoms with van der Waals surface area (Å²) in [6, 6.07) is 0. The average molecular weight is 413 g/mol. The zero-order valence-corrected chi connectivity index (χ0v) is 19.6. The van der Waals surface area contributed by atoms with Gasteiger partial charge in [-0.2, -0.15) is 0 Å². The highest BCUT2D eigenvalue weighted by atomic mass is 16.6. The van der Waals surface area contributed by atoms with Crippen molar-refractivity contribution < 1.29 is 19.0 Å². The topological polar surface area (TPSA) is 44.8 Å². The predicted molar refractivity (Wildman–Crippen MR) is 122 cm³/mol. The molecule has 0 aromatic carbocycles. The molecule has 0 spiro atoms. The van der Waals surface area contributed by atoms with E-state index in [1.807, 2.05) is 6.92 Å². The highest BCUT2D eigenvalue weighted by Crippen LogP contribution is 2.13. The summed E-state index contributed by atoms with van der Waals surface area (Å²) in [6.07, 6.45) is 19.4. The number of carbonyl (C=O) groups is 1. The van der Waals surface area contributed by atoms with Gasteiger partial charge >= 0.3 is 5.97 Å². The van der Waals surface area contributed by atoms with Gasteiger partial charge in [-0.3, -0.25) is 4.79 Å². The summed E-state index contributed by atoms with van der Waals surface area (Å²) in [5.74, 6) is 0.584. The Hall–Kier alpha value is -1.03. The summed E-state index contributed by atoms with van der Waals surface area (Å²) in [6.45, 7) is 8.66. The molecule has 0 saturated heterocycles. The molecule has 0 heterocycles. The molecule has 0 bridgehead atoms. The van der Waals surface area contributed by atoms with Crippen LogP contribution >= 0.6 is 0 Å². The van der Waals surface area contributed by atoms with Gasteiger partial charge in [0.05, 0.1) is 5.76 Å². The standard InChI is InChI=1S/C25H48O4/c1-5-7-8-9-10-11-12-13-14-15-16-17-18-19-20-25(26)29-22-24(27-4)21-28-23(3)6-2/h24H,3,5-22H2,1-2,4H3. The Morgan fingerprint density at radius 2 is 1.17 bits per heavy atom. The maximum atomic E-state index is 11.8. The molecule has 0 radical (unpaired) electrons. The van der Waals surface area contributed by atoms with Crippen LogP contribution in [0.4, 0.5) is 0 Å². The second kappa shape index (κ2) is 21.7. The first-order valence-electron chi connectivity index (χ1n) is 12.1. The summed E-state index contributed by atoms with van der Waals surface area (Å²) < 4.78 is 16.0. The van der Waals surface area contributed by atoms with E-state index in [0.717, 1.165) is 25.0 Å². The first-order chi connectivity index (χ1) is 14.1. The minimum absolute atomic E-state index is 0.139. The van der Waals surface area contributed by atoms with E-state index in [1.54, 1.807) is 7.11 Å². The maximum absolute atomic E-state index is 11.8. The molecular weight excluding hydrogens is 364 g/mol. The lowest BCUT2D eigenvalue weighted by atomic mass is 10.0. The Morgan fingerprint density at radius 1 is 0.724 bits per heavy atom. The number of unbranched alkanes of at least 4 members (excludes halogenated alkanes) is 13. The van der Waals surface area contributed by atoms with Crippen molar-refractivity contribution in [2.75, 3.05) is 20.3 Å². The van der Waals surface area contributed by atoms with Gasteiger partial charge in [-0.1, -0.05) is 104 Å². The van der Waals surface area contributed by atoms with Crippen LogP contribution in [0.2, 0.25) is 0 Å². The van der Waals surface area contributed by atoms with Gasteiger partial charge in [-0.25, -0.2) is 0 Å². The molecule has 1 atom stereocenters. The predicted octanol–water partition coefficient (Wildman–Crippen LogP) is 7.36. The lowest BCUT2D eigenvalue weighted by Crippen LogP contribution is -2.25. The van der Waals surface area contributed by atoms with Crippen LogP contribution in [0.15, 0.2) is 12.3 Å². The molecule has 0 amide bonds. The lowest BCUT2D eigenvalue weighted by molar-refractivity contribution is -0.148. The van der Waals surface area contributed by atoms with E-state index in [2.05, 4.69) is 13.5 Å². The van der Waals surface area contributed by atoms with Crippen molar-refractivity contribution in [1.82, 2.24) is 0 Å². The Kier molecular flexibility index (Phi) is 20.9. The average Bonchev–Trinajstić information content (AvgIpc) is 2.73. The number of allylic oxidation sites excluding steroid dienone is 1. The third-order valence-corrected chi connectivity index (χ3v) is 5.37. The Labute approximate surface area is 180 Å². The van der Waals surface area contributed by atoms with E-state index in [9.17, 15) is 4.79 Å². The number of hydrogen-bond acceptors (Lipinski definition) is 4. The van der Waals surface area contributed by atoms with E-state index in [-0.39, 0.29) is 18.7 Å². The van der Waals surface area contributed by atoms with Crippen LogP contribution in [0.3, 0.4) is 0 Å². The van der Waals surface area contributed by atoms with Crippen LogP contribution < -0.4 is 0 Å². The highest BCUT2D eigenvalue weighted by molar-refractivity contribution is 5.69. The number of methoxy groups -OCH3 is 1. The van der Waals surface area contributed by atoms with Gasteiger partial charge < -0.3 is 14.2 Å². The van der Waals surface area contributed by atoms with Crippen LogP contribution in [0, 0.1) is 0 Å². The van der Waals surface area contributed by atoms with Crippen LogP contribution in [0.5, 0.6) is 0 Å². The van der Waals surface area contributed by atoms with Crippen molar-refractivity contribution in [1.29, 1.82) is 0 Å². The number of carbonyl (C=O) groups excluding carboxylic acids is 1. The van der Waals surface area contributed by atoms with Crippen LogP contribution in [0.25, 0.3) is 0 Å². The molecule has 0 rings (SSSR count). The molecule has 4 heteroatoms. The molecule has 0 saturated carbocycles. The first-order valence-corrected chi connectivity index (χ1v) is 12.1. The van der Waals surface area contributed by atoms with Crippen molar-refractivity contribution in [2.24, 2.45) is 0 Å². The molecule has 0 N–H and O–H groups in total. The van der Waals surface area contributed by atoms with Gasteiger partial charge in [0, 0.05) is 20.0 Å². The molecule has 1 unspecified atom stereocenters. The smallest absolute Gasteiger partial charge is 0.305 e. The third-order valence-electron chi connectivity index (χ3n) is 5.37. The summed E-state index contributed by atoms with van der Waals surface area (Å²) in [5.41, 5.74) is 0. The molecular formula is C25H48O4. The van der Waals surface area contributed by atoms with Gasteiger partial charge in [0.1, 0.15) is 19.3 Å². The highest BCUT2D eigenvalue weighted by Gasteiger charge is 2.12. The molecule has 29 heavy (non-hydrogen) atoms. The quantitative estimate of drug-likeness (QED) is 0.106. The van der Waals surface area contributed by atoms with Crippen molar-refractivity contribution in [3.8, 4) is 0 Å². The van der Waals surface area contributed by atoms with Crippen molar-refractivity contribution in [3.63, 3.8) is 0 Å². The molecule has 0 aliphatic rings. The Morgan fingerprint density at radius 3 is 1.62 bits per heavy atom. The van der Waals surface area contributed by atoms with E-state index in [0.29, 0.717) is 13.0 Å². The SMILES string of the molecule is C=C(CC)OCC(COC(=O)CCCCCCCCCCCCCCCC)OC. The molecule has 0 aliphatic heterocycles. The summed E-state index contributed by atoms with van der Waals surface area (Å²) >= 11 is 0. The Balaban J connectivity index is 3.39. The van der Waals surface area contributed by atoms with Crippen molar-refractivity contribution >= 4 is 5.97 Å². The number of hydrogen-bond donors (Lipinski definition) is 0. The largest absolute Gasteiger partial charge is 0.496 e. The molecule has 4 nitrogen and oxygen atoms in total. The molecule has 0 aromatic heterocycles. The maximum Gasteiger partial charge on any atom is 0.305 e. The van der Waals surface area contributed by atoms with E-state index < -0.39 is 0 Å². The zero-order valence-electron chi connectivity index (χ0n) is 19.6. The number of esters is 1. The van der Waals surface area contributed by atoms with Crippen molar-refractivity contribution in [3.05, 3.63) is 12.3 Å². The van der Waals surface area contributed by atoms with Crippen LogP contribution in [0.1, 0.15) is 117 Å². The van der Waals surface area contributed by atoms with Gasteiger partial charge in [0.15, 0.2) is 0 Å². The fourth-order valence-electron chi connectivity index (χ4n) is 3.22. The minimum Gasteiger partial charge on any atom is -0.496 e. The van der Waals surface area contributed by atoms with Gasteiger partial charge in [-0.05, 0) is 6.42 Å². The minimum atomic E-state index is -0.237. The van der Waals surface area contributed by atoms with Crippen molar-refractivity contribution in [2.45, 2.75) is 123 Å². The van der Waals surface area contributed by atoms with Crippen LogP contribution in [-0.4, -0.2) is 32.4 Å². The normalized spacial score (nSPS) is 12.0. The summed E-state index contributed by atoms with van der Waals surface area (Å²) in [4.78, 5) is 11.8. The van der Waals surface area contributed by atoms with E-state index in [4.69, 9.17) is 14.2 Å². The summed E-state index contributed by atoms with van der Waals surface area (Å²) in [5, 5.41) is 0. The molecule has 0 fully saturated rings. The van der Waals surface area contributed by atoms with Gasteiger partial charge in [-0.15, -0.1) is 0 Å². The monoisotopic (exact) mass is 412 g/mol. The fourth-order valence-corrected chi connectivity index (χ4v) is 3.22. The second-order valence-electron chi connectivity index (χ2n) is 8.09.